The number of nitrogens with one attached hydrogen (secondary N) is 3. The Morgan fingerprint density at radius 1 is 1.27 bits per heavy atom. The first-order valence-electron chi connectivity index (χ1n) is 9.80. The molecule has 0 bridgehead atoms. The molecule has 7 nitrogen and oxygen atoms in total. The molecule has 1 aliphatic heterocycles. The van der Waals surface area contributed by atoms with Crippen LogP contribution in [-0.4, -0.2) is 64.2 Å². The first-order valence-corrected chi connectivity index (χ1v) is 11.5. The van der Waals surface area contributed by atoms with E-state index in [-0.39, 0.29) is 24.4 Å². The van der Waals surface area contributed by atoms with Crippen LogP contribution in [0.5, 0.6) is 0 Å². The van der Waals surface area contributed by atoms with Crippen LogP contribution >= 0.6 is 0 Å². The average Bonchev–Trinajstić information content (AvgIpc) is 3.03. The van der Waals surface area contributed by atoms with Gasteiger partial charge < -0.3 is 10.6 Å². The molecule has 2 rings (SSSR count). The van der Waals surface area contributed by atoms with Gasteiger partial charge in [0, 0.05) is 38.8 Å². The molecule has 0 radical (unpaired) electrons. The van der Waals surface area contributed by atoms with Crippen LogP contribution in [0.1, 0.15) is 31.4 Å². The molecule has 170 valence electrons. The van der Waals surface area contributed by atoms with Gasteiger partial charge in [-0.05, 0) is 31.4 Å². The number of hydrogen-bond donors (Lipinski definition) is 3. The standard InChI is InChI=1S/C19H30F3N5O2S/c1-14(2)26-30(28,29)12-16-7-5-4-6-15(16)10-24-18(23-3)25-17-8-9-27(11-17)13-19(20,21)22/h4-7,14,17,26H,8-13H2,1-3H3,(H2,23,24,25). The van der Waals surface area contributed by atoms with Crippen LogP contribution < -0.4 is 15.4 Å². The Kier molecular flexibility index (Phi) is 8.51. The molecule has 1 unspecified atom stereocenters. The van der Waals surface area contributed by atoms with Crippen molar-refractivity contribution < 1.29 is 21.6 Å². The normalized spacial score (nSPS) is 18.8. The zero-order valence-corrected chi connectivity index (χ0v) is 18.3. The van der Waals surface area contributed by atoms with Crippen LogP contribution in [0.4, 0.5) is 13.2 Å². The lowest BCUT2D eigenvalue weighted by Crippen LogP contribution is -2.45. The molecule has 0 amide bonds. The Morgan fingerprint density at radius 3 is 2.53 bits per heavy atom. The first kappa shape index (κ1) is 24.4. The van der Waals surface area contributed by atoms with Gasteiger partial charge in [-0.15, -0.1) is 0 Å². The van der Waals surface area contributed by atoms with Gasteiger partial charge in [-0.1, -0.05) is 24.3 Å². The van der Waals surface area contributed by atoms with E-state index in [2.05, 4.69) is 20.3 Å². The smallest absolute Gasteiger partial charge is 0.352 e. The van der Waals surface area contributed by atoms with E-state index in [9.17, 15) is 21.6 Å². The minimum atomic E-state index is -4.21. The summed E-state index contributed by atoms with van der Waals surface area (Å²) in [6, 6.07) is 6.88. The fourth-order valence-electron chi connectivity index (χ4n) is 3.39. The molecule has 11 heteroatoms. The summed E-state index contributed by atoms with van der Waals surface area (Å²) >= 11 is 0. The largest absolute Gasteiger partial charge is 0.401 e. The quantitative estimate of drug-likeness (QED) is 0.416. The summed E-state index contributed by atoms with van der Waals surface area (Å²) in [5.41, 5.74) is 1.48. The number of aliphatic imine (C=N–C) groups is 1. The van der Waals surface area contributed by atoms with Gasteiger partial charge in [0.25, 0.3) is 0 Å². The molecule has 1 aromatic rings. The molecule has 1 saturated heterocycles. The zero-order valence-electron chi connectivity index (χ0n) is 17.5. The van der Waals surface area contributed by atoms with Gasteiger partial charge in [-0.25, -0.2) is 13.1 Å². The van der Waals surface area contributed by atoms with Gasteiger partial charge in [0.2, 0.25) is 10.0 Å². The fourth-order valence-corrected chi connectivity index (χ4v) is 4.88. The molecular weight excluding hydrogens is 419 g/mol. The van der Waals surface area contributed by atoms with E-state index in [0.29, 0.717) is 31.0 Å². The van der Waals surface area contributed by atoms with E-state index in [0.717, 1.165) is 5.56 Å². The fraction of sp³-hybridized carbons (Fsp3) is 0.632. The number of halogens is 3. The number of sulfonamides is 1. The predicted octanol–water partition coefficient (Wildman–Crippen LogP) is 1.82. The van der Waals surface area contributed by atoms with Crippen LogP contribution in [-0.2, 0) is 22.3 Å². The molecule has 1 aromatic carbocycles. The lowest BCUT2D eigenvalue weighted by Gasteiger charge is -2.20. The first-order chi connectivity index (χ1) is 14.0. The van der Waals surface area contributed by atoms with Crippen molar-refractivity contribution in [3.05, 3.63) is 35.4 Å². The van der Waals surface area contributed by atoms with Crippen molar-refractivity contribution in [3.63, 3.8) is 0 Å². The second kappa shape index (κ2) is 10.5. The third kappa shape index (κ3) is 8.49. The summed E-state index contributed by atoms with van der Waals surface area (Å²) in [7, 11) is -1.88. The lowest BCUT2D eigenvalue weighted by molar-refractivity contribution is -0.143. The summed E-state index contributed by atoms with van der Waals surface area (Å²) in [6.45, 7) is 3.61. The van der Waals surface area contributed by atoms with Gasteiger partial charge in [0.05, 0.1) is 12.3 Å². The molecule has 1 atom stereocenters. The number of hydrogen-bond acceptors (Lipinski definition) is 4. The minimum Gasteiger partial charge on any atom is -0.352 e. The third-order valence-electron chi connectivity index (χ3n) is 4.57. The number of likely N-dealkylation sites (tertiary alicyclic amines) is 1. The Morgan fingerprint density at radius 2 is 1.93 bits per heavy atom. The summed E-state index contributed by atoms with van der Waals surface area (Å²) in [6.07, 6.45) is -3.62. The summed E-state index contributed by atoms with van der Waals surface area (Å²) in [4.78, 5) is 5.50. The molecule has 3 N–H and O–H groups in total. The number of rotatable bonds is 8. The van der Waals surface area contributed by atoms with Gasteiger partial charge in [0.15, 0.2) is 5.96 Å². The molecule has 30 heavy (non-hydrogen) atoms. The van der Waals surface area contributed by atoms with Crippen molar-refractivity contribution in [2.24, 2.45) is 4.99 Å². The maximum atomic E-state index is 12.6. The third-order valence-corrected chi connectivity index (χ3v) is 6.09. The Balaban J connectivity index is 1.93. The second-order valence-corrected chi connectivity index (χ2v) is 9.46. The predicted molar refractivity (Wildman–Crippen MR) is 112 cm³/mol. The van der Waals surface area contributed by atoms with E-state index in [1.807, 2.05) is 12.1 Å². The number of benzene rings is 1. The van der Waals surface area contributed by atoms with Crippen molar-refractivity contribution in [1.82, 2.24) is 20.3 Å². The average molecular weight is 450 g/mol. The van der Waals surface area contributed by atoms with E-state index >= 15 is 0 Å². The van der Waals surface area contributed by atoms with Crippen LogP contribution in [0.15, 0.2) is 29.3 Å². The lowest BCUT2D eigenvalue weighted by atomic mass is 10.1. The van der Waals surface area contributed by atoms with Crippen molar-refractivity contribution in [3.8, 4) is 0 Å². The maximum absolute atomic E-state index is 12.6. The Hall–Kier alpha value is -1.85. The van der Waals surface area contributed by atoms with Crippen LogP contribution in [0.3, 0.4) is 0 Å². The summed E-state index contributed by atoms with van der Waals surface area (Å²) < 4.78 is 64.8. The molecule has 1 heterocycles. The highest BCUT2D eigenvalue weighted by atomic mass is 32.2. The van der Waals surface area contributed by atoms with E-state index in [1.165, 1.54) is 4.90 Å². The molecule has 0 saturated carbocycles. The van der Waals surface area contributed by atoms with E-state index < -0.39 is 22.7 Å². The van der Waals surface area contributed by atoms with Crippen LogP contribution in [0.2, 0.25) is 0 Å². The molecule has 1 fully saturated rings. The van der Waals surface area contributed by atoms with Gasteiger partial charge in [-0.2, -0.15) is 13.2 Å². The highest BCUT2D eigenvalue weighted by molar-refractivity contribution is 7.88. The Labute approximate surface area is 176 Å². The van der Waals surface area contributed by atoms with Crippen LogP contribution in [0, 0.1) is 0 Å². The van der Waals surface area contributed by atoms with Crippen molar-refractivity contribution >= 4 is 16.0 Å². The molecule has 0 aromatic heterocycles. The van der Waals surface area contributed by atoms with Gasteiger partial charge in [-0.3, -0.25) is 9.89 Å². The number of nitrogens with zero attached hydrogens (tertiary/aromatic N) is 2. The highest BCUT2D eigenvalue weighted by Gasteiger charge is 2.34. The topological polar surface area (TPSA) is 85.8 Å². The number of guanidine groups is 1. The second-order valence-electron chi connectivity index (χ2n) is 7.71. The zero-order chi connectivity index (χ0) is 22.4. The molecule has 1 aliphatic rings. The van der Waals surface area contributed by atoms with Crippen molar-refractivity contribution in [1.29, 1.82) is 0 Å². The van der Waals surface area contributed by atoms with Crippen molar-refractivity contribution in [2.45, 2.75) is 50.8 Å². The minimum absolute atomic E-state index is 0.135. The van der Waals surface area contributed by atoms with Crippen LogP contribution in [0.25, 0.3) is 0 Å². The summed E-state index contributed by atoms with van der Waals surface area (Å²) in [5, 5.41) is 6.27. The SMILES string of the molecule is CN=C(NCc1ccccc1CS(=O)(=O)NC(C)C)NC1CCN(CC(F)(F)F)C1. The molecule has 0 aliphatic carbocycles. The number of alkyl halides is 3. The van der Waals surface area contributed by atoms with Crippen molar-refractivity contribution in [2.75, 3.05) is 26.7 Å². The van der Waals surface area contributed by atoms with E-state index in [1.54, 1.807) is 33.0 Å². The monoisotopic (exact) mass is 449 g/mol. The van der Waals surface area contributed by atoms with Gasteiger partial charge >= 0.3 is 6.18 Å². The summed E-state index contributed by atoms with van der Waals surface area (Å²) in [5.74, 6) is 0.330. The molecular formula is C19H30F3N5O2S. The van der Waals surface area contributed by atoms with Gasteiger partial charge in [0.1, 0.15) is 0 Å². The highest BCUT2D eigenvalue weighted by Crippen LogP contribution is 2.20. The molecule has 0 spiro atoms. The maximum Gasteiger partial charge on any atom is 0.401 e. The Bertz CT molecular complexity index is 828. The van der Waals surface area contributed by atoms with E-state index in [4.69, 9.17) is 0 Å².